The van der Waals surface area contributed by atoms with Crippen LogP contribution in [0.25, 0.3) is 0 Å². The third-order valence-corrected chi connectivity index (χ3v) is 3.15. The molecule has 1 aromatic carbocycles. The molecule has 0 saturated heterocycles. The van der Waals surface area contributed by atoms with Gasteiger partial charge in [-0.2, -0.15) is 0 Å². The van der Waals surface area contributed by atoms with Crippen LogP contribution in [0, 0.1) is 0 Å². The van der Waals surface area contributed by atoms with Crippen molar-refractivity contribution in [2.75, 3.05) is 0 Å². The van der Waals surface area contributed by atoms with Gasteiger partial charge in [0, 0.05) is 0 Å². The van der Waals surface area contributed by atoms with Crippen molar-refractivity contribution in [3.05, 3.63) is 29.3 Å². The zero-order valence-electron chi connectivity index (χ0n) is 13.6. The van der Waals surface area contributed by atoms with Gasteiger partial charge < -0.3 is 9.47 Å². The molecule has 1 unspecified atom stereocenters. The van der Waals surface area contributed by atoms with E-state index in [-0.39, 0.29) is 11.5 Å². The maximum atomic E-state index is 11.8. The summed E-state index contributed by atoms with van der Waals surface area (Å²) in [6, 6.07) is 5.32. The molecule has 21 heavy (non-hydrogen) atoms. The molecule has 116 valence electrons. The van der Waals surface area contributed by atoms with Crippen LogP contribution in [-0.4, -0.2) is 17.5 Å². The molecule has 0 aliphatic heterocycles. The third-order valence-electron chi connectivity index (χ3n) is 3.15. The minimum Gasteiger partial charge on any atom is -0.428 e. The smallest absolute Gasteiger partial charge is 0.428 e. The van der Waals surface area contributed by atoms with Gasteiger partial charge in [0.2, 0.25) is 0 Å². The molecule has 0 fully saturated rings. The van der Waals surface area contributed by atoms with E-state index < -0.39 is 11.8 Å². The lowest BCUT2D eigenvalue weighted by molar-refractivity contribution is 0.0205. The van der Waals surface area contributed by atoms with Gasteiger partial charge in [0.15, 0.2) is 5.78 Å². The normalized spacial score (nSPS) is 12.7. The fraction of sp³-hybridized carbons (Fsp3) is 0.529. The van der Waals surface area contributed by atoms with Gasteiger partial charge in [-0.3, -0.25) is 4.79 Å². The Kier molecular flexibility index (Phi) is 5.53. The second-order valence-electron chi connectivity index (χ2n) is 6.19. The van der Waals surface area contributed by atoms with Crippen molar-refractivity contribution in [1.82, 2.24) is 0 Å². The molecule has 0 spiro atoms. The minimum absolute atomic E-state index is 0.140. The fourth-order valence-electron chi connectivity index (χ4n) is 1.81. The van der Waals surface area contributed by atoms with E-state index in [9.17, 15) is 9.59 Å². The number of ketones is 1. The van der Waals surface area contributed by atoms with Crippen molar-refractivity contribution in [2.45, 2.75) is 59.5 Å². The van der Waals surface area contributed by atoms with Crippen molar-refractivity contribution < 1.29 is 19.1 Å². The van der Waals surface area contributed by atoms with Crippen molar-refractivity contribution >= 4 is 11.9 Å². The van der Waals surface area contributed by atoms with E-state index in [1.165, 1.54) is 6.92 Å². The summed E-state index contributed by atoms with van der Waals surface area (Å²) in [4.78, 5) is 23.5. The van der Waals surface area contributed by atoms with Crippen LogP contribution < -0.4 is 4.74 Å². The average molecular weight is 292 g/mol. The second-order valence-corrected chi connectivity index (χ2v) is 6.19. The number of hydrogen-bond donors (Lipinski definition) is 0. The van der Waals surface area contributed by atoms with Gasteiger partial charge in [0.25, 0.3) is 0 Å². The summed E-state index contributed by atoms with van der Waals surface area (Å²) in [5.74, 6) is 0.446. The molecule has 4 heteroatoms. The number of hydrogen-bond acceptors (Lipinski definition) is 4. The van der Waals surface area contributed by atoms with Crippen LogP contribution in [0.4, 0.5) is 4.79 Å². The molecule has 4 nitrogen and oxygen atoms in total. The highest BCUT2D eigenvalue weighted by Gasteiger charge is 2.20. The van der Waals surface area contributed by atoms with Crippen molar-refractivity contribution in [1.29, 1.82) is 0 Å². The molecule has 0 aromatic heterocycles. The number of Topliss-reactive ketones (excluding diaryl/α,β-unsaturated/α-hetero) is 1. The van der Waals surface area contributed by atoms with Crippen molar-refractivity contribution in [3.63, 3.8) is 0 Å². The van der Waals surface area contributed by atoms with Gasteiger partial charge in [-0.15, -0.1) is 0 Å². The summed E-state index contributed by atoms with van der Waals surface area (Å²) in [5.41, 5.74) is 0.822. The van der Waals surface area contributed by atoms with Crippen LogP contribution in [-0.2, 0) is 4.74 Å². The summed E-state index contributed by atoms with van der Waals surface area (Å²) in [6.07, 6.45) is 0.171. The molecule has 0 amide bonds. The maximum absolute atomic E-state index is 11.8. The maximum Gasteiger partial charge on any atom is 0.514 e. The summed E-state index contributed by atoms with van der Waals surface area (Å²) >= 11 is 0. The van der Waals surface area contributed by atoms with Gasteiger partial charge >= 0.3 is 6.16 Å². The van der Waals surface area contributed by atoms with E-state index in [0.717, 1.165) is 12.0 Å². The first-order valence-corrected chi connectivity index (χ1v) is 7.19. The fourth-order valence-corrected chi connectivity index (χ4v) is 1.81. The Morgan fingerprint density at radius 2 is 1.86 bits per heavy atom. The number of carbonyl (C=O) groups excluding carboxylic acids is 2. The molecule has 0 bridgehead atoms. The van der Waals surface area contributed by atoms with Crippen LogP contribution in [0.5, 0.6) is 5.75 Å². The monoisotopic (exact) mass is 292 g/mol. The summed E-state index contributed by atoms with van der Waals surface area (Å²) < 4.78 is 10.3. The standard InChI is InChI=1S/C17H24O4/c1-7-11(2)13-8-9-15(14(10-13)12(3)18)20-16(19)21-17(4,5)6/h8-11H,7H2,1-6H3. The highest BCUT2D eigenvalue weighted by molar-refractivity contribution is 5.97. The number of benzene rings is 1. The van der Waals surface area contributed by atoms with Gasteiger partial charge in [-0.1, -0.05) is 19.9 Å². The van der Waals surface area contributed by atoms with E-state index in [0.29, 0.717) is 11.5 Å². The van der Waals surface area contributed by atoms with E-state index in [1.54, 1.807) is 32.9 Å². The van der Waals surface area contributed by atoms with Crippen LogP contribution >= 0.6 is 0 Å². The SMILES string of the molecule is CCC(C)c1ccc(OC(=O)OC(C)(C)C)c(C(C)=O)c1. The number of rotatable bonds is 4. The average Bonchev–Trinajstić information content (AvgIpc) is 2.35. The van der Waals surface area contributed by atoms with E-state index in [2.05, 4.69) is 13.8 Å². The first-order chi connectivity index (χ1) is 9.64. The summed E-state index contributed by atoms with van der Waals surface area (Å²) in [6.45, 7) is 10.9. The van der Waals surface area contributed by atoms with Crippen LogP contribution in [0.15, 0.2) is 18.2 Å². The van der Waals surface area contributed by atoms with Gasteiger partial charge in [-0.05, 0) is 57.7 Å². The molecular formula is C17H24O4. The Balaban J connectivity index is 3.02. The molecule has 1 atom stereocenters. The van der Waals surface area contributed by atoms with E-state index >= 15 is 0 Å². The molecule has 0 heterocycles. The topological polar surface area (TPSA) is 52.6 Å². The second kappa shape index (κ2) is 6.74. The van der Waals surface area contributed by atoms with Crippen LogP contribution in [0.2, 0.25) is 0 Å². The molecule has 1 rings (SSSR count). The highest BCUT2D eigenvalue weighted by Crippen LogP contribution is 2.27. The molecule has 1 aromatic rings. The Labute approximate surface area is 126 Å². The Hall–Kier alpha value is -1.84. The predicted molar refractivity (Wildman–Crippen MR) is 82.0 cm³/mol. The first-order valence-electron chi connectivity index (χ1n) is 7.19. The highest BCUT2D eigenvalue weighted by atomic mass is 16.7. The number of carbonyl (C=O) groups is 2. The summed E-state index contributed by atoms with van der Waals surface area (Å²) in [5, 5.41) is 0. The van der Waals surface area contributed by atoms with Crippen molar-refractivity contribution in [3.8, 4) is 5.75 Å². The van der Waals surface area contributed by atoms with E-state index in [1.807, 2.05) is 6.07 Å². The van der Waals surface area contributed by atoms with E-state index in [4.69, 9.17) is 9.47 Å². The van der Waals surface area contributed by atoms with Crippen LogP contribution in [0.1, 0.15) is 69.8 Å². The van der Waals surface area contributed by atoms with Gasteiger partial charge in [-0.25, -0.2) is 4.79 Å². The zero-order valence-corrected chi connectivity index (χ0v) is 13.6. The quantitative estimate of drug-likeness (QED) is 0.458. The lowest BCUT2D eigenvalue weighted by atomic mass is 9.95. The molecule has 0 aliphatic rings. The number of ether oxygens (including phenoxy) is 2. The Morgan fingerprint density at radius 3 is 2.33 bits per heavy atom. The first kappa shape index (κ1) is 17.2. The zero-order chi connectivity index (χ0) is 16.2. The van der Waals surface area contributed by atoms with Crippen molar-refractivity contribution in [2.24, 2.45) is 0 Å². The molecule has 0 radical (unpaired) electrons. The van der Waals surface area contributed by atoms with Gasteiger partial charge in [0.05, 0.1) is 5.56 Å². The molecule has 0 N–H and O–H groups in total. The summed E-state index contributed by atoms with van der Waals surface area (Å²) in [7, 11) is 0. The third kappa shape index (κ3) is 5.21. The Morgan fingerprint density at radius 1 is 1.24 bits per heavy atom. The molecule has 0 aliphatic carbocycles. The predicted octanol–water partition coefficient (Wildman–Crippen LogP) is 4.72. The largest absolute Gasteiger partial charge is 0.514 e. The minimum atomic E-state index is -0.804. The van der Waals surface area contributed by atoms with Gasteiger partial charge in [0.1, 0.15) is 11.4 Å². The molecular weight excluding hydrogens is 268 g/mol. The lowest BCUT2D eigenvalue weighted by Gasteiger charge is -2.19. The molecule has 0 saturated carbocycles. The Bertz CT molecular complexity index is 526. The lowest BCUT2D eigenvalue weighted by Crippen LogP contribution is -2.26. The van der Waals surface area contributed by atoms with Crippen LogP contribution in [0.3, 0.4) is 0 Å².